The minimum atomic E-state index is -1.04. The van der Waals surface area contributed by atoms with Crippen LogP contribution in [0.1, 0.15) is 0 Å². The highest BCUT2D eigenvalue weighted by Gasteiger charge is 2.16. The Labute approximate surface area is 122 Å². The van der Waals surface area contributed by atoms with E-state index in [2.05, 4.69) is 9.97 Å². The third kappa shape index (κ3) is 2.41. The van der Waals surface area contributed by atoms with Gasteiger partial charge in [0.25, 0.3) is 0 Å². The molecule has 0 fully saturated rings. The number of nitrogens with zero attached hydrogens (tertiary/aromatic N) is 3. The van der Waals surface area contributed by atoms with Crippen molar-refractivity contribution < 1.29 is 18.4 Å². The summed E-state index contributed by atoms with van der Waals surface area (Å²) in [4.78, 5) is 17.4. The molecule has 22 heavy (non-hydrogen) atoms. The molecule has 0 saturated heterocycles. The van der Waals surface area contributed by atoms with Crippen molar-refractivity contribution in [2.24, 2.45) is 0 Å². The molecule has 0 aliphatic rings. The van der Waals surface area contributed by atoms with Gasteiger partial charge in [-0.15, -0.1) is 0 Å². The maximum Gasteiger partial charge on any atom is 0.305 e. The first-order chi connectivity index (χ1) is 10.6. The van der Waals surface area contributed by atoms with Crippen molar-refractivity contribution in [3.63, 3.8) is 0 Å². The lowest BCUT2D eigenvalue weighted by Gasteiger charge is -2.07. The number of hydrogen-bond donors (Lipinski definition) is 0. The average molecular weight is 303 g/mol. The van der Waals surface area contributed by atoms with Gasteiger partial charge in [-0.1, -0.05) is 6.07 Å². The van der Waals surface area contributed by atoms with Crippen LogP contribution in [0.4, 0.5) is 14.5 Å². The molecular weight excluding hydrogens is 296 g/mol. The van der Waals surface area contributed by atoms with Crippen LogP contribution in [0, 0.1) is 21.7 Å². The van der Waals surface area contributed by atoms with Crippen molar-refractivity contribution in [2.75, 3.05) is 0 Å². The summed E-state index contributed by atoms with van der Waals surface area (Å²) in [6.45, 7) is 0. The number of nitro benzene ring substituents is 1. The first-order valence-corrected chi connectivity index (χ1v) is 6.07. The molecule has 0 N–H and O–H groups in total. The number of ether oxygens (including phenoxy) is 1. The molecule has 2 aromatic carbocycles. The summed E-state index contributed by atoms with van der Waals surface area (Å²) >= 11 is 0. The number of fused-ring (bicyclic) bond motifs is 1. The van der Waals surface area contributed by atoms with Crippen LogP contribution >= 0.6 is 0 Å². The molecule has 0 radical (unpaired) electrons. The summed E-state index contributed by atoms with van der Waals surface area (Å²) in [6, 6.07) is 7.33. The normalized spacial score (nSPS) is 10.6. The largest absolute Gasteiger partial charge is 0.438 e. The van der Waals surface area contributed by atoms with E-state index in [0.717, 1.165) is 18.5 Å². The van der Waals surface area contributed by atoms with Gasteiger partial charge in [0.1, 0.15) is 23.4 Å². The van der Waals surface area contributed by atoms with Gasteiger partial charge in [-0.25, -0.2) is 14.4 Å². The summed E-state index contributed by atoms with van der Waals surface area (Å²) in [5, 5.41) is 10.9. The molecule has 1 aromatic heterocycles. The van der Waals surface area contributed by atoms with E-state index in [1.54, 1.807) is 6.07 Å². The lowest BCUT2D eigenvalue weighted by atomic mass is 10.2. The minimum absolute atomic E-state index is 0.00682. The van der Waals surface area contributed by atoms with E-state index in [1.165, 1.54) is 18.2 Å². The standard InChI is InChI=1S/C14H7F2N3O3/c15-10-3-1-2-9-13(10)17-7-18-14(9)22-8-4-5-12(19(20)21)11(16)6-8/h1-7H. The molecule has 0 aliphatic heterocycles. The number of nitro groups is 1. The van der Waals surface area contributed by atoms with Gasteiger partial charge in [0, 0.05) is 12.1 Å². The summed E-state index contributed by atoms with van der Waals surface area (Å²) < 4.78 is 32.6. The van der Waals surface area contributed by atoms with Crippen LogP contribution < -0.4 is 4.74 Å². The van der Waals surface area contributed by atoms with Gasteiger partial charge in [-0.3, -0.25) is 10.1 Å². The Kier molecular flexibility index (Phi) is 3.34. The second kappa shape index (κ2) is 5.32. The van der Waals surface area contributed by atoms with Crippen molar-refractivity contribution in [1.29, 1.82) is 0 Å². The molecular formula is C14H7F2N3O3. The fourth-order valence-corrected chi connectivity index (χ4v) is 1.92. The predicted octanol–water partition coefficient (Wildman–Crippen LogP) is 3.61. The van der Waals surface area contributed by atoms with Crippen LogP contribution in [0.2, 0.25) is 0 Å². The lowest BCUT2D eigenvalue weighted by molar-refractivity contribution is -0.387. The second-order valence-corrected chi connectivity index (χ2v) is 4.29. The molecule has 3 rings (SSSR count). The van der Waals surface area contributed by atoms with E-state index in [0.29, 0.717) is 5.39 Å². The van der Waals surface area contributed by atoms with Crippen LogP contribution in [0.5, 0.6) is 11.6 Å². The molecule has 0 atom stereocenters. The Morgan fingerprint density at radius 3 is 2.64 bits per heavy atom. The number of rotatable bonds is 3. The van der Waals surface area contributed by atoms with E-state index < -0.39 is 22.2 Å². The Hall–Kier alpha value is -3.16. The van der Waals surface area contributed by atoms with E-state index in [-0.39, 0.29) is 17.1 Å². The van der Waals surface area contributed by atoms with Crippen molar-refractivity contribution >= 4 is 16.6 Å². The average Bonchev–Trinajstić information content (AvgIpc) is 2.48. The van der Waals surface area contributed by atoms with Crippen molar-refractivity contribution in [1.82, 2.24) is 9.97 Å². The van der Waals surface area contributed by atoms with Crippen LogP contribution in [0.3, 0.4) is 0 Å². The van der Waals surface area contributed by atoms with Gasteiger partial charge in [0.15, 0.2) is 0 Å². The molecule has 0 saturated carbocycles. The first kappa shape index (κ1) is 13.8. The lowest BCUT2D eigenvalue weighted by Crippen LogP contribution is -1.95. The van der Waals surface area contributed by atoms with Crippen molar-refractivity contribution in [3.8, 4) is 11.6 Å². The summed E-state index contributed by atoms with van der Waals surface area (Å²) in [7, 11) is 0. The smallest absolute Gasteiger partial charge is 0.305 e. The molecule has 3 aromatic rings. The Balaban J connectivity index is 2.02. The maximum absolute atomic E-state index is 13.6. The van der Waals surface area contributed by atoms with Crippen LogP contribution in [0.15, 0.2) is 42.7 Å². The van der Waals surface area contributed by atoms with Gasteiger partial charge in [0.05, 0.1) is 10.3 Å². The zero-order valence-corrected chi connectivity index (χ0v) is 10.9. The SMILES string of the molecule is O=[N+]([O-])c1ccc(Oc2ncnc3c(F)cccc23)cc1F. The molecule has 0 unspecified atom stereocenters. The first-order valence-electron chi connectivity index (χ1n) is 6.07. The van der Waals surface area contributed by atoms with Crippen LogP contribution in [0.25, 0.3) is 10.9 Å². The number of aromatic nitrogens is 2. The summed E-state index contributed by atoms with van der Waals surface area (Å²) in [6.07, 6.45) is 1.11. The molecule has 1 heterocycles. The van der Waals surface area contributed by atoms with E-state index >= 15 is 0 Å². The zero-order chi connectivity index (χ0) is 15.7. The predicted molar refractivity (Wildman–Crippen MR) is 72.6 cm³/mol. The molecule has 0 spiro atoms. The number of hydrogen-bond acceptors (Lipinski definition) is 5. The fourth-order valence-electron chi connectivity index (χ4n) is 1.92. The number of benzene rings is 2. The zero-order valence-electron chi connectivity index (χ0n) is 10.9. The summed E-state index contributed by atoms with van der Waals surface area (Å²) in [5.74, 6) is -1.54. The van der Waals surface area contributed by atoms with Gasteiger partial charge in [-0.2, -0.15) is 4.39 Å². The van der Waals surface area contributed by atoms with Crippen LogP contribution in [-0.2, 0) is 0 Å². The number of halogens is 2. The van der Waals surface area contributed by atoms with Crippen molar-refractivity contribution in [3.05, 3.63) is 64.5 Å². The van der Waals surface area contributed by atoms with E-state index in [9.17, 15) is 18.9 Å². The van der Waals surface area contributed by atoms with Gasteiger partial charge < -0.3 is 4.74 Å². The third-order valence-electron chi connectivity index (χ3n) is 2.91. The van der Waals surface area contributed by atoms with E-state index in [4.69, 9.17) is 4.74 Å². The number of para-hydroxylation sites is 1. The Bertz CT molecular complexity index is 886. The highest BCUT2D eigenvalue weighted by atomic mass is 19.1. The quantitative estimate of drug-likeness (QED) is 0.545. The molecule has 8 heteroatoms. The van der Waals surface area contributed by atoms with Gasteiger partial charge in [-0.05, 0) is 18.2 Å². The third-order valence-corrected chi connectivity index (χ3v) is 2.91. The monoisotopic (exact) mass is 303 g/mol. The minimum Gasteiger partial charge on any atom is -0.438 e. The topological polar surface area (TPSA) is 78.2 Å². The maximum atomic E-state index is 13.6. The highest BCUT2D eigenvalue weighted by molar-refractivity contribution is 5.83. The molecule has 6 nitrogen and oxygen atoms in total. The fraction of sp³-hybridized carbons (Fsp3) is 0. The Morgan fingerprint density at radius 1 is 1.09 bits per heavy atom. The van der Waals surface area contributed by atoms with Crippen LogP contribution in [-0.4, -0.2) is 14.9 Å². The molecule has 0 amide bonds. The Morgan fingerprint density at radius 2 is 1.91 bits per heavy atom. The van der Waals surface area contributed by atoms with E-state index in [1.807, 2.05) is 0 Å². The van der Waals surface area contributed by atoms with Crippen molar-refractivity contribution in [2.45, 2.75) is 0 Å². The molecule has 0 aliphatic carbocycles. The van der Waals surface area contributed by atoms with Gasteiger partial charge in [0.2, 0.25) is 11.7 Å². The highest BCUT2D eigenvalue weighted by Crippen LogP contribution is 2.29. The molecule has 0 bridgehead atoms. The van der Waals surface area contributed by atoms with Gasteiger partial charge >= 0.3 is 5.69 Å². The second-order valence-electron chi connectivity index (χ2n) is 4.29. The molecule has 110 valence electrons. The summed E-state index contributed by atoms with van der Waals surface area (Å²) in [5.41, 5.74) is -0.596.